The molecule has 1 aromatic carbocycles. The van der Waals surface area contributed by atoms with E-state index >= 15 is 0 Å². The Morgan fingerprint density at radius 1 is 1.33 bits per heavy atom. The number of hydrogen-bond acceptors (Lipinski definition) is 3. The van der Waals surface area contributed by atoms with Gasteiger partial charge in [-0.15, -0.1) is 23.1 Å². The number of thiophene rings is 1. The number of thioether (sulfide) groups is 1. The molecule has 0 bridgehead atoms. The van der Waals surface area contributed by atoms with Gasteiger partial charge in [0.2, 0.25) is 0 Å². The van der Waals surface area contributed by atoms with Gasteiger partial charge in [-0.2, -0.15) is 0 Å². The Labute approximate surface area is 115 Å². The molecule has 0 radical (unpaired) electrons. The molecule has 1 unspecified atom stereocenters. The zero-order valence-electron chi connectivity index (χ0n) is 10.4. The van der Waals surface area contributed by atoms with Crippen LogP contribution in [0.1, 0.15) is 16.5 Å². The molecule has 0 amide bonds. The van der Waals surface area contributed by atoms with Crippen LogP contribution < -0.4 is 5.32 Å². The first kappa shape index (κ1) is 13.6. The maximum Gasteiger partial charge on any atom is 0.136 e. The number of nitrogens with one attached hydrogen (secondary N) is 1. The summed E-state index contributed by atoms with van der Waals surface area (Å²) in [7, 11) is 1.95. The molecule has 1 N–H and O–H groups in total. The van der Waals surface area contributed by atoms with E-state index in [9.17, 15) is 4.39 Å². The first-order valence-corrected chi connectivity index (χ1v) is 7.67. The van der Waals surface area contributed by atoms with Crippen LogP contribution in [-0.2, 0) is 0 Å². The van der Waals surface area contributed by atoms with E-state index in [4.69, 9.17) is 0 Å². The van der Waals surface area contributed by atoms with Crippen molar-refractivity contribution in [2.24, 2.45) is 0 Å². The normalized spacial score (nSPS) is 12.6. The van der Waals surface area contributed by atoms with Gasteiger partial charge < -0.3 is 5.32 Å². The second-order valence-corrected chi connectivity index (χ2v) is 6.06. The van der Waals surface area contributed by atoms with Gasteiger partial charge in [0.1, 0.15) is 5.82 Å². The van der Waals surface area contributed by atoms with Gasteiger partial charge in [0.15, 0.2) is 0 Å². The van der Waals surface area contributed by atoms with Crippen molar-refractivity contribution in [3.8, 4) is 0 Å². The third-order valence-corrected chi connectivity index (χ3v) is 5.08. The van der Waals surface area contributed by atoms with Crippen molar-refractivity contribution in [2.45, 2.75) is 17.9 Å². The van der Waals surface area contributed by atoms with E-state index in [1.165, 1.54) is 16.5 Å². The van der Waals surface area contributed by atoms with Crippen molar-refractivity contribution in [1.82, 2.24) is 5.32 Å². The number of hydrogen-bond donors (Lipinski definition) is 1. The maximum absolute atomic E-state index is 13.5. The minimum atomic E-state index is -0.139. The Morgan fingerprint density at radius 2 is 2.11 bits per heavy atom. The van der Waals surface area contributed by atoms with Crippen molar-refractivity contribution in [3.05, 3.63) is 52.0 Å². The highest BCUT2D eigenvalue weighted by Crippen LogP contribution is 2.30. The first-order chi connectivity index (χ1) is 8.72. The van der Waals surface area contributed by atoms with E-state index in [0.29, 0.717) is 4.90 Å². The van der Waals surface area contributed by atoms with Gasteiger partial charge in [0.25, 0.3) is 0 Å². The van der Waals surface area contributed by atoms with Crippen LogP contribution in [0.3, 0.4) is 0 Å². The average Bonchev–Trinajstić information content (AvgIpc) is 2.79. The number of halogens is 1. The summed E-state index contributed by atoms with van der Waals surface area (Å²) in [5.74, 6) is 0.693. The number of rotatable bonds is 5. The van der Waals surface area contributed by atoms with Gasteiger partial charge in [0.05, 0.1) is 6.04 Å². The third kappa shape index (κ3) is 3.13. The van der Waals surface area contributed by atoms with E-state index in [2.05, 4.69) is 23.7 Å². The second-order valence-electron chi connectivity index (χ2n) is 4.05. The predicted molar refractivity (Wildman–Crippen MR) is 78.0 cm³/mol. The molecule has 4 heteroatoms. The van der Waals surface area contributed by atoms with Crippen molar-refractivity contribution < 1.29 is 4.39 Å². The van der Waals surface area contributed by atoms with Crippen LogP contribution in [0.5, 0.6) is 0 Å². The lowest BCUT2D eigenvalue weighted by Gasteiger charge is -2.15. The fourth-order valence-electron chi connectivity index (χ4n) is 1.77. The quantitative estimate of drug-likeness (QED) is 0.822. The smallest absolute Gasteiger partial charge is 0.136 e. The molecule has 0 aliphatic carbocycles. The predicted octanol–water partition coefficient (Wildman–Crippen LogP) is 4.25. The molecule has 2 aromatic rings. The van der Waals surface area contributed by atoms with Gasteiger partial charge >= 0.3 is 0 Å². The number of benzene rings is 1. The molecule has 0 fully saturated rings. The van der Waals surface area contributed by atoms with Crippen molar-refractivity contribution in [1.29, 1.82) is 0 Å². The van der Waals surface area contributed by atoms with E-state index in [-0.39, 0.29) is 11.9 Å². The molecular formula is C14H16FNS2. The minimum Gasteiger partial charge on any atom is -0.312 e. The lowest BCUT2D eigenvalue weighted by Crippen LogP contribution is -2.18. The van der Waals surface area contributed by atoms with Crippen molar-refractivity contribution in [3.63, 3.8) is 0 Å². The average molecular weight is 281 g/mol. The molecule has 1 atom stereocenters. The highest BCUT2D eigenvalue weighted by molar-refractivity contribution is 7.99. The summed E-state index contributed by atoms with van der Waals surface area (Å²) >= 11 is 3.31. The third-order valence-electron chi connectivity index (χ3n) is 2.81. The first-order valence-electron chi connectivity index (χ1n) is 5.81. The summed E-state index contributed by atoms with van der Waals surface area (Å²) in [6.07, 6.45) is 0. The molecule has 0 saturated carbocycles. The molecule has 18 heavy (non-hydrogen) atoms. The molecule has 0 aliphatic rings. The largest absolute Gasteiger partial charge is 0.312 e. The molecular weight excluding hydrogens is 265 g/mol. The van der Waals surface area contributed by atoms with Gasteiger partial charge in [-0.1, -0.05) is 12.1 Å². The summed E-state index contributed by atoms with van der Waals surface area (Å²) in [6.45, 7) is 2.12. The summed E-state index contributed by atoms with van der Waals surface area (Å²) in [6, 6.07) is 9.32. The monoisotopic (exact) mass is 281 g/mol. The standard InChI is InChI=1S/C14H16FNS2/c1-10-7-8-17-14(10)12(16-2)9-18-13-6-4-3-5-11(13)15/h3-8,12,16H,9H2,1-2H3. The van der Waals surface area contributed by atoms with Crippen LogP contribution in [0, 0.1) is 12.7 Å². The molecule has 1 heterocycles. The van der Waals surface area contributed by atoms with Crippen LogP contribution >= 0.6 is 23.1 Å². The Hall–Kier alpha value is -0.840. The molecule has 0 aliphatic heterocycles. The minimum absolute atomic E-state index is 0.139. The maximum atomic E-state index is 13.5. The van der Waals surface area contributed by atoms with Gasteiger partial charge in [-0.05, 0) is 43.1 Å². The Balaban J connectivity index is 2.05. The lowest BCUT2D eigenvalue weighted by atomic mass is 10.2. The fraction of sp³-hybridized carbons (Fsp3) is 0.286. The molecule has 0 saturated heterocycles. The molecule has 2 rings (SSSR count). The van der Waals surface area contributed by atoms with Crippen LogP contribution in [0.25, 0.3) is 0 Å². The van der Waals surface area contributed by atoms with E-state index in [1.807, 2.05) is 19.2 Å². The Kier molecular flexibility index (Phi) is 4.80. The zero-order valence-corrected chi connectivity index (χ0v) is 12.1. The van der Waals surface area contributed by atoms with Crippen LogP contribution in [0.2, 0.25) is 0 Å². The Bertz CT molecular complexity index is 510. The van der Waals surface area contributed by atoms with E-state index < -0.39 is 0 Å². The van der Waals surface area contributed by atoms with Gasteiger partial charge in [-0.25, -0.2) is 4.39 Å². The topological polar surface area (TPSA) is 12.0 Å². The van der Waals surface area contributed by atoms with Crippen LogP contribution in [0.4, 0.5) is 4.39 Å². The summed E-state index contributed by atoms with van der Waals surface area (Å²) in [5.41, 5.74) is 1.30. The summed E-state index contributed by atoms with van der Waals surface area (Å²) in [5, 5.41) is 5.40. The molecule has 96 valence electrons. The molecule has 1 aromatic heterocycles. The summed E-state index contributed by atoms with van der Waals surface area (Å²) in [4.78, 5) is 2.05. The zero-order chi connectivity index (χ0) is 13.0. The summed E-state index contributed by atoms with van der Waals surface area (Å²) < 4.78 is 13.5. The lowest BCUT2D eigenvalue weighted by molar-refractivity contribution is 0.601. The molecule has 0 spiro atoms. The van der Waals surface area contributed by atoms with Gasteiger partial charge in [0, 0.05) is 15.5 Å². The van der Waals surface area contributed by atoms with Crippen LogP contribution in [0.15, 0.2) is 40.6 Å². The second kappa shape index (κ2) is 6.36. The van der Waals surface area contributed by atoms with E-state index in [0.717, 1.165) is 5.75 Å². The fourth-order valence-corrected chi connectivity index (χ4v) is 3.97. The van der Waals surface area contributed by atoms with Crippen molar-refractivity contribution >= 4 is 23.1 Å². The highest BCUT2D eigenvalue weighted by atomic mass is 32.2. The molecule has 1 nitrogen and oxygen atoms in total. The van der Waals surface area contributed by atoms with E-state index in [1.54, 1.807) is 29.2 Å². The van der Waals surface area contributed by atoms with Crippen LogP contribution in [-0.4, -0.2) is 12.8 Å². The highest BCUT2D eigenvalue weighted by Gasteiger charge is 2.14. The SMILES string of the molecule is CNC(CSc1ccccc1F)c1sccc1C. The van der Waals surface area contributed by atoms with Gasteiger partial charge in [-0.3, -0.25) is 0 Å². The Morgan fingerprint density at radius 3 is 2.72 bits per heavy atom. The van der Waals surface area contributed by atoms with Crippen molar-refractivity contribution in [2.75, 3.05) is 12.8 Å². The number of aryl methyl sites for hydroxylation is 1.